The maximum Gasteiger partial charge on any atom is 0.100 e. The molecule has 8 fully saturated rings. The van der Waals surface area contributed by atoms with Crippen molar-refractivity contribution in [2.24, 2.45) is 39.9 Å². The summed E-state index contributed by atoms with van der Waals surface area (Å²) < 4.78 is 13.8. The number of piperidine rings is 1. The van der Waals surface area contributed by atoms with Gasteiger partial charge in [0.15, 0.2) is 0 Å². The van der Waals surface area contributed by atoms with E-state index in [9.17, 15) is 10.2 Å². The molecule has 2 spiro atoms. The first-order chi connectivity index (χ1) is 16.0. The average Bonchev–Trinajstić information content (AvgIpc) is 3.53. The molecule has 4 bridgehead atoms. The van der Waals surface area contributed by atoms with Crippen LogP contribution in [0.3, 0.4) is 0 Å². The van der Waals surface area contributed by atoms with E-state index in [1.807, 2.05) is 7.11 Å². The molecular weight excluding hydrogens is 426 g/mol. The highest BCUT2D eigenvalue weighted by Crippen LogP contribution is 2.81. The number of hydrogen-bond donors (Lipinski definition) is 2. The largest absolute Gasteiger partial charge is 0.390 e. The minimum absolute atomic E-state index is 0.0116. The van der Waals surface area contributed by atoms with Crippen LogP contribution < -0.4 is 0 Å². The van der Waals surface area contributed by atoms with Crippen LogP contribution in [-0.2, 0) is 9.47 Å². The van der Waals surface area contributed by atoms with Gasteiger partial charge in [-0.25, -0.2) is 0 Å². The molecule has 192 valence electrons. The number of aliphatic hydroxyl groups excluding tert-OH is 1. The fourth-order valence-electron chi connectivity index (χ4n) is 11.0. The summed E-state index contributed by atoms with van der Waals surface area (Å²) >= 11 is 0. The van der Waals surface area contributed by atoms with Crippen LogP contribution in [0.4, 0.5) is 0 Å². The third kappa shape index (κ3) is 2.46. The van der Waals surface area contributed by atoms with E-state index >= 15 is 0 Å². The lowest BCUT2D eigenvalue weighted by Crippen LogP contribution is -2.82. The molecule has 2 N–H and O–H groups in total. The smallest absolute Gasteiger partial charge is 0.100 e. The number of nitrogens with zero attached hydrogens (tertiary/aromatic N) is 1. The predicted molar refractivity (Wildman–Crippen MR) is 130 cm³/mol. The van der Waals surface area contributed by atoms with Crippen LogP contribution in [0.1, 0.15) is 85.5 Å². The predicted octanol–water partition coefficient (Wildman–Crippen LogP) is 4.00. The highest BCUT2D eigenvalue weighted by molar-refractivity contribution is 5.34. The summed E-state index contributed by atoms with van der Waals surface area (Å²) in [6.45, 7) is 11.1. The molecule has 2 aliphatic heterocycles. The van der Waals surface area contributed by atoms with Gasteiger partial charge in [0.05, 0.1) is 23.9 Å². The summed E-state index contributed by atoms with van der Waals surface area (Å²) in [5.41, 5.74) is -1.33. The summed E-state index contributed by atoms with van der Waals surface area (Å²) in [6, 6.07) is 0.594. The summed E-state index contributed by atoms with van der Waals surface area (Å²) in [6.07, 6.45) is 10.1. The van der Waals surface area contributed by atoms with Crippen molar-refractivity contribution in [3.8, 4) is 0 Å². The summed E-state index contributed by atoms with van der Waals surface area (Å²) in [5.74, 6) is 2.05. The second-order valence-electron chi connectivity index (χ2n) is 14.9. The fraction of sp³-hybridized carbons (Fsp3) is 1.00. The SMILES string of the molecule is CO[C@@]12CC[C@@]3(C[C@@H]1[C@](C)(O)C(C)(C)C)[C@H]1CC4CCC(O)C5O[C@@H]2[C@]3(CCN1CC1CC1)C45. The van der Waals surface area contributed by atoms with Crippen LogP contribution in [-0.4, -0.2) is 70.9 Å². The van der Waals surface area contributed by atoms with Gasteiger partial charge in [-0.15, -0.1) is 0 Å². The molecule has 0 radical (unpaired) electrons. The van der Waals surface area contributed by atoms with Crippen LogP contribution >= 0.6 is 0 Å². The van der Waals surface area contributed by atoms with Crippen molar-refractivity contribution in [3.63, 3.8) is 0 Å². The molecule has 5 heteroatoms. The van der Waals surface area contributed by atoms with Crippen LogP contribution in [0, 0.1) is 39.9 Å². The van der Waals surface area contributed by atoms with Gasteiger partial charge in [-0.1, -0.05) is 20.8 Å². The highest BCUT2D eigenvalue weighted by Gasteiger charge is 2.84. The van der Waals surface area contributed by atoms with E-state index in [4.69, 9.17) is 9.47 Å². The van der Waals surface area contributed by atoms with Crippen molar-refractivity contribution in [2.75, 3.05) is 20.2 Å². The molecule has 8 aliphatic rings. The Morgan fingerprint density at radius 2 is 1.82 bits per heavy atom. The van der Waals surface area contributed by atoms with Gasteiger partial charge >= 0.3 is 0 Å². The minimum atomic E-state index is -0.861. The number of rotatable bonds is 4. The lowest BCUT2D eigenvalue weighted by molar-refractivity contribution is -0.348. The molecule has 0 aromatic carbocycles. The number of ether oxygens (including phenoxy) is 2. The zero-order chi connectivity index (χ0) is 23.9. The Bertz CT molecular complexity index is 865. The number of aliphatic hydroxyl groups is 2. The van der Waals surface area contributed by atoms with E-state index in [-0.39, 0.29) is 40.5 Å². The Morgan fingerprint density at radius 3 is 2.50 bits per heavy atom. The first kappa shape index (κ1) is 23.0. The monoisotopic (exact) mass is 473 g/mol. The van der Waals surface area contributed by atoms with Crippen LogP contribution in [0.15, 0.2) is 0 Å². The number of methoxy groups -OCH3 is 1. The molecule has 6 aliphatic carbocycles. The summed E-state index contributed by atoms with van der Waals surface area (Å²) in [4.78, 5) is 2.91. The third-order valence-electron chi connectivity index (χ3n) is 13.1. The zero-order valence-corrected chi connectivity index (χ0v) is 22.1. The number of fused-ring (bicyclic) bond motifs is 2. The average molecular weight is 474 g/mol. The second-order valence-corrected chi connectivity index (χ2v) is 14.9. The number of likely N-dealkylation sites (tertiary alicyclic amines) is 1. The van der Waals surface area contributed by atoms with E-state index in [1.165, 1.54) is 45.2 Å². The van der Waals surface area contributed by atoms with E-state index in [0.717, 1.165) is 31.6 Å². The number of hydrogen-bond acceptors (Lipinski definition) is 5. The summed E-state index contributed by atoms with van der Waals surface area (Å²) in [7, 11) is 1.88. The molecule has 2 saturated heterocycles. The minimum Gasteiger partial charge on any atom is -0.390 e. The fourth-order valence-corrected chi connectivity index (χ4v) is 11.0. The van der Waals surface area contributed by atoms with Gasteiger partial charge in [-0.05, 0) is 99.8 Å². The molecule has 8 rings (SSSR count). The van der Waals surface area contributed by atoms with Crippen molar-refractivity contribution in [3.05, 3.63) is 0 Å². The van der Waals surface area contributed by atoms with Crippen molar-refractivity contribution in [2.45, 2.75) is 121 Å². The van der Waals surface area contributed by atoms with Crippen molar-refractivity contribution in [1.82, 2.24) is 4.90 Å². The summed E-state index contributed by atoms with van der Waals surface area (Å²) in [5, 5.41) is 23.4. The maximum atomic E-state index is 12.2. The van der Waals surface area contributed by atoms with Gasteiger partial charge in [0, 0.05) is 31.0 Å². The van der Waals surface area contributed by atoms with E-state index in [2.05, 4.69) is 32.6 Å². The molecule has 34 heavy (non-hydrogen) atoms. The first-order valence-electron chi connectivity index (χ1n) is 14.4. The topological polar surface area (TPSA) is 62.2 Å². The molecule has 5 nitrogen and oxygen atoms in total. The molecular formula is C29H47NO4. The van der Waals surface area contributed by atoms with Gasteiger partial charge < -0.3 is 19.7 Å². The van der Waals surface area contributed by atoms with Crippen LogP contribution in [0.2, 0.25) is 0 Å². The first-order valence-corrected chi connectivity index (χ1v) is 14.4. The Hall–Kier alpha value is -0.200. The van der Waals surface area contributed by atoms with Crippen molar-refractivity contribution < 1.29 is 19.7 Å². The van der Waals surface area contributed by atoms with Gasteiger partial charge in [0.1, 0.15) is 5.60 Å². The van der Waals surface area contributed by atoms with E-state index in [0.29, 0.717) is 17.9 Å². The standard InChI is InChI=1S/C29H47NO4/c1-25(2,3)26(4,32)20-15-27-10-11-29(20,33-5)24-28(27)12-13-30(16-17-6-7-17)21(27)14-18-8-9-19(31)23(34-24)22(18)28/h17-24,31-32H,6-16H2,1-5H3/t18?,19?,20-,21-,22?,23?,24-,26+,27-,28+,29+/m1/s1. The van der Waals surface area contributed by atoms with Gasteiger partial charge in [-0.2, -0.15) is 0 Å². The lowest BCUT2D eigenvalue weighted by atomic mass is 9.30. The Morgan fingerprint density at radius 1 is 1.06 bits per heavy atom. The van der Waals surface area contributed by atoms with Crippen molar-refractivity contribution >= 4 is 0 Å². The quantitative estimate of drug-likeness (QED) is 0.646. The molecule has 0 aromatic heterocycles. The molecule has 2 heterocycles. The van der Waals surface area contributed by atoms with Crippen LogP contribution in [0.5, 0.6) is 0 Å². The Balaban J connectivity index is 1.42. The van der Waals surface area contributed by atoms with E-state index in [1.54, 1.807) is 0 Å². The van der Waals surface area contributed by atoms with Crippen molar-refractivity contribution in [1.29, 1.82) is 0 Å². The second kappa shape index (κ2) is 6.81. The normalized spacial score (nSPS) is 55.7. The third-order valence-corrected chi connectivity index (χ3v) is 13.1. The Kier molecular flexibility index (Phi) is 4.60. The maximum absolute atomic E-state index is 12.2. The molecule has 4 unspecified atom stereocenters. The highest BCUT2D eigenvalue weighted by atomic mass is 16.6. The Labute approximate surface area is 205 Å². The zero-order valence-electron chi connectivity index (χ0n) is 22.1. The lowest BCUT2D eigenvalue weighted by Gasteiger charge is -2.78. The van der Waals surface area contributed by atoms with Gasteiger partial charge in [0.25, 0.3) is 0 Å². The van der Waals surface area contributed by atoms with Crippen LogP contribution in [0.25, 0.3) is 0 Å². The molecule has 0 amide bonds. The molecule has 6 saturated carbocycles. The van der Waals surface area contributed by atoms with Gasteiger partial charge in [0.2, 0.25) is 0 Å². The molecule has 0 aromatic rings. The van der Waals surface area contributed by atoms with Gasteiger partial charge in [-0.3, -0.25) is 4.90 Å². The van der Waals surface area contributed by atoms with E-state index < -0.39 is 11.2 Å². The molecule has 11 atom stereocenters.